The molecule has 1 aromatic rings. The number of unbranched alkanes of at least 4 members (excludes halogenated alkanes) is 5. The summed E-state index contributed by atoms with van der Waals surface area (Å²) in [6.07, 6.45) is 8.01. The van der Waals surface area contributed by atoms with E-state index in [0.29, 0.717) is 6.61 Å². The summed E-state index contributed by atoms with van der Waals surface area (Å²) >= 11 is 7.12. The van der Waals surface area contributed by atoms with Crippen LogP contribution in [-0.4, -0.2) is 13.2 Å². The first-order valence-electron chi connectivity index (χ1n) is 8.00. The molecule has 0 unspecified atom stereocenters. The van der Waals surface area contributed by atoms with Gasteiger partial charge in [0.15, 0.2) is 0 Å². The van der Waals surface area contributed by atoms with E-state index in [1.165, 1.54) is 44.1 Å². The van der Waals surface area contributed by atoms with Crippen molar-refractivity contribution in [3.63, 3.8) is 0 Å². The Bertz CT molecular complexity index is 410. The number of rotatable bonds is 11. The quantitative estimate of drug-likeness (QED) is 0.439. The number of nitrogens with one attached hydrogen (secondary N) is 1. The molecule has 0 atom stereocenters. The van der Waals surface area contributed by atoms with Crippen LogP contribution in [0.5, 0.6) is 5.75 Å². The Morgan fingerprint density at radius 3 is 2.43 bits per heavy atom. The van der Waals surface area contributed by atoms with E-state index in [1.807, 2.05) is 13.0 Å². The topological polar surface area (TPSA) is 21.3 Å². The second-order valence-electron chi connectivity index (χ2n) is 5.25. The average molecular weight is 421 g/mol. The minimum atomic E-state index is 0.685. The molecule has 0 aliphatic carbocycles. The molecule has 0 radical (unpaired) electrons. The van der Waals surface area contributed by atoms with E-state index in [9.17, 15) is 0 Å². The van der Waals surface area contributed by atoms with Crippen molar-refractivity contribution in [1.29, 1.82) is 0 Å². The van der Waals surface area contributed by atoms with Crippen LogP contribution in [0.25, 0.3) is 0 Å². The lowest BCUT2D eigenvalue weighted by molar-refractivity contribution is 0.333. The van der Waals surface area contributed by atoms with Gasteiger partial charge in [-0.15, -0.1) is 0 Å². The molecule has 2 nitrogen and oxygen atoms in total. The van der Waals surface area contributed by atoms with Crippen molar-refractivity contribution in [2.45, 2.75) is 58.9 Å². The minimum absolute atomic E-state index is 0.685. The number of hydrogen-bond acceptors (Lipinski definition) is 2. The van der Waals surface area contributed by atoms with E-state index in [0.717, 1.165) is 27.8 Å². The molecule has 0 spiro atoms. The molecule has 0 amide bonds. The zero-order valence-electron chi connectivity index (χ0n) is 13.2. The highest BCUT2D eigenvalue weighted by molar-refractivity contribution is 9.11. The van der Waals surface area contributed by atoms with Gasteiger partial charge in [0.1, 0.15) is 5.75 Å². The summed E-state index contributed by atoms with van der Waals surface area (Å²) in [6, 6.07) is 4.16. The van der Waals surface area contributed by atoms with Crippen LogP contribution >= 0.6 is 31.9 Å². The van der Waals surface area contributed by atoms with E-state index in [-0.39, 0.29) is 0 Å². The van der Waals surface area contributed by atoms with Gasteiger partial charge < -0.3 is 10.1 Å². The normalized spacial score (nSPS) is 10.9. The van der Waals surface area contributed by atoms with Gasteiger partial charge in [0.05, 0.1) is 11.1 Å². The lowest BCUT2D eigenvalue weighted by atomic mass is 10.1. The van der Waals surface area contributed by atoms with E-state index in [4.69, 9.17) is 4.74 Å². The van der Waals surface area contributed by atoms with E-state index in [2.05, 4.69) is 50.2 Å². The zero-order chi connectivity index (χ0) is 15.5. The van der Waals surface area contributed by atoms with Crippen molar-refractivity contribution in [2.75, 3.05) is 13.2 Å². The van der Waals surface area contributed by atoms with Crippen LogP contribution in [0.15, 0.2) is 21.1 Å². The van der Waals surface area contributed by atoms with Crippen molar-refractivity contribution in [3.05, 3.63) is 26.6 Å². The maximum atomic E-state index is 5.74. The van der Waals surface area contributed by atoms with Gasteiger partial charge in [-0.2, -0.15) is 0 Å². The molecule has 1 N–H and O–H groups in total. The van der Waals surface area contributed by atoms with Crippen LogP contribution in [0.3, 0.4) is 0 Å². The molecule has 0 saturated heterocycles. The molecule has 0 aliphatic heterocycles. The molecule has 0 aromatic heterocycles. The molecule has 0 bridgehead atoms. The van der Waals surface area contributed by atoms with Gasteiger partial charge in [0, 0.05) is 16.6 Å². The third-order valence-electron chi connectivity index (χ3n) is 3.40. The summed E-state index contributed by atoms with van der Waals surface area (Å²) in [4.78, 5) is 0. The Labute approximate surface area is 146 Å². The highest BCUT2D eigenvalue weighted by Crippen LogP contribution is 2.32. The Kier molecular flexibility index (Phi) is 10.4. The Morgan fingerprint density at radius 1 is 1.00 bits per heavy atom. The van der Waals surface area contributed by atoms with Crippen molar-refractivity contribution in [3.8, 4) is 5.75 Å². The fourth-order valence-electron chi connectivity index (χ4n) is 2.30. The molecule has 21 heavy (non-hydrogen) atoms. The third kappa shape index (κ3) is 7.66. The first-order valence-corrected chi connectivity index (χ1v) is 9.59. The van der Waals surface area contributed by atoms with Crippen LogP contribution in [0.4, 0.5) is 0 Å². The van der Waals surface area contributed by atoms with Gasteiger partial charge in [-0.25, -0.2) is 0 Å². The Balaban J connectivity index is 2.34. The molecule has 0 saturated carbocycles. The van der Waals surface area contributed by atoms with E-state index >= 15 is 0 Å². The molecular weight excluding hydrogens is 394 g/mol. The van der Waals surface area contributed by atoms with Gasteiger partial charge >= 0.3 is 0 Å². The molecule has 0 aliphatic rings. The van der Waals surface area contributed by atoms with Crippen LogP contribution in [-0.2, 0) is 6.54 Å². The van der Waals surface area contributed by atoms with E-state index in [1.54, 1.807) is 0 Å². The van der Waals surface area contributed by atoms with Crippen LogP contribution < -0.4 is 10.1 Å². The SMILES string of the molecule is CCCCCCCCNCc1cc(Br)cc(Br)c1OCC. The molecular formula is C17H27Br2NO. The predicted octanol–water partition coefficient (Wildman–Crippen LogP) is 6.06. The van der Waals surface area contributed by atoms with Crippen LogP contribution in [0.1, 0.15) is 57.9 Å². The van der Waals surface area contributed by atoms with Gasteiger partial charge in [0.25, 0.3) is 0 Å². The van der Waals surface area contributed by atoms with Crippen molar-refractivity contribution < 1.29 is 4.74 Å². The van der Waals surface area contributed by atoms with Gasteiger partial charge in [-0.3, -0.25) is 0 Å². The molecule has 0 fully saturated rings. The highest BCUT2D eigenvalue weighted by atomic mass is 79.9. The summed E-state index contributed by atoms with van der Waals surface area (Å²) in [7, 11) is 0. The Morgan fingerprint density at radius 2 is 1.71 bits per heavy atom. The summed E-state index contributed by atoms with van der Waals surface area (Å²) in [5.41, 5.74) is 1.20. The summed E-state index contributed by atoms with van der Waals surface area (Å²) < 4.78 is 7.82. The largest absolute Gasteiger partial charge is 0.492 e. The minimum Gasteiger partial charge on any atom is -0.492 e. The summed E-state index contributed by atoms with van der Waals surface area (Å²) in [6.45, 7) is 6.88. The monoisotopic (exact) mass is 419 g/mol. The van der Waals surface area contributed by atoms with Gasteiger partial charge in [0.2, 0.25) is 0 Å². The van der Waals surface area contributed by atoms with Gasteiger partial charge in [-0.05, 0) is 48.0 Å². The lowest BCUT2D eigenvalue weighted by Gasteiger charge is -2.13. The van der Waals surface area contributed by atoms with Crippen molar-refractivity contribution in [2.24, 2.45) is 0 Å². The maximum Gasteiger partial charge on any atom is 0.138 e. The van der Waals surface area contributed by atoms with Crippen molar-refractivity contribution >= 4 is 31.9 Å². The number of hydrogen-bond donors (Lipinski definition) is 1. The van der Waals surface area contributed by atoms with Crippen LogP contribution in [0, 0.1) is 0 Å². The first-order chi connectivity index (χ1) is 10.2. The molecule has 1 rings (SSSR count). The second-order valence-corrected chi connectivity index (χ2v) is 7.02. The summed E-state index contributed by atoms with van der Waals surface area (Å²) in [5, 5.41) is 3.52. The fraction of sp³-hybridized carbons (Fsp3) is 0.647. The van der Waals surface area contributed by atoms with E-state index < -0.39 is 0 Å². The van der Waals surface area contributed by atoms with Crippen LogP contribution in [0.2, 0.25) is 0 Å². The van der Waals surface area contributed by atoms with Crippen molar-refractivity contribution in [1.82, 2.24) is 5.32 Å². The molecule has 4 heteroatoms. The lowest BCUT2D eigenvalue weighted by Crippen LogP contribution is -2.15. The smallest absolute Gasteiger partial charge is 0.138 e. The number of ether oxygens (including phenoxy) is 1. The molecule has 120 valence electrons. The molecule has 1 aromatic carbocycles. The number of halogens is 2. The van der Waals surface area contributed by atoms with Gasteiger partial charge in [-0.1, -0.05) is 55.0 Å². The fourth-order valence-corrected chi connectivity index (χ4v) is 3.73. The zero-order valence-corrected chi connectivity index (χ0v) is 16.4. The second kappa shape index (κ2) is 11.5. The Hall–Kier alpha value is -0.0600. The molecule has 0 heterocycles. The maximum absolute atomic E-state index is 5.74. The highest BCUT2D eigenvalue weighted by Gasteiger charge is 2.09. The number of benzene rings is 1. The standard InChI is InChI=1S/C17H27Br2NO/c1-3-5-6-7-8-9-10-20-13-14-11-15(18)12-16(19)17(14)21-4-2/h11-12,20H,3-10,13H2,1-2H3. The predicted molar refractivity (Wildman–Crippen MR) is 98.1 cm³/mol. The summed E-state index contributed by atoms with van der Waals surface area (Å²) in [5.74, 6) is 0.955. The first kappa shape index (κ1) is 19.0. The third-order valence-corrected chi connectivity index (χ3v) is 4.44. The average Bonchev–Trinajstić information content (AvgIpc) is 2.45.